The SMILES string of the molecule is CCNC(Cc1ccc(C)c(C)c1)c1ccc(Br)c(F)c1. The summed E-state index contributed by atoms with van der Waals surface area (Å²) in [6.07, 6.45) is 0.857. The molecule has 0 heterocycles. The fraction of sp³-hybridized carbons (Fsp3) is 0.333. The van der Waals surface area contributed by atoms with E-state index in [1.807, 2.05) is 6.07 Å². The largest absolute Gasteiger partial charge is 0.310 e. The summed E-state index contributed by atoms with van der Waals surface area (Å²) < 4.78 is 14.3. The predicted molar refractivity (Wildman–Crippen MR) is 90.1 cm³/mol. The van der Waals surface area contributed by atoms with Crippen molar-refractivity contribution >= 4 is 15.9 Å². The van der Waals surface area contributed by atoms with E-state index in [1.165, 1.54) is 16.7 Å². The molecule has 112 valence electrons. The van der Waals surface area contributed by atoms with Crippen molar-refractivity contribution in [1.29, 1.82) is 0 Å². The first-order chi connectivity index (χ1) is 10.0. The van der Waals surface area contributed by atoms with Crippen LogP contribution in [0.4, 0.5) is 4.39 Å². The van der Waals surface area contributed by atoms with Crippen molar-refractivity contribution in [2.24, 2.45) is 0 Å². The van der Waals surface area contributed by atoms with Gasteiger partial charge in [0, 0.05) is 6.04 Å². The van der Waals surface area contributed by atoms with E-state index in [-0.39, 0.29) is 11.9 Å². The van der Waals surface area contributed by atoms with Gasteiger partial charge in [-0.25, -0.2) is 4.39 Å². The molecule has 2 aromatic rings. The maximum absolute atomic E-state index is 13.8. The highest BCUT2D eigenvalue weighted by Gasteiger charge is 2.13. The van der Waals surface area contributed by atoms with Gasteiger partial charge >= 0.3 is 0 Å². The molecule has 2 rings (SSSR count). The third kappa shape index (κ3) is 4.14. The monoisotopic (exact) mass is 349 g/mol. The van der Waals surface area contributed by atoms with E-state index >= 15 is 0 Å². The van der Waals surface area contributed by atoms with Crippen molar-refractivity contribution in [3.05, 3.63) is 68.9 Å². The summed E-state index contributed by atoms with van der Waals surface area (Å²) in [5.74, 6) is -0.213. The van der Waals surface area contributed by atoms with E-state index in [4.69, 9.17) is 0 Å². The smallest absolute Gasteiger partial charge is 0.137 e. The summed E-state index contributed by atoms with van der Waals surface area (Å²) in [6, 6.07) is 12.0. The normalized spacial score (nSPS) is 12.4. The Kier molecular flexibility index (Phi) is 5.54. The zero-order valence-corrected chi connectivity index (χ0v) is 14.3. The third-order valence-corrected chi connectivity index (χ3v) is 4.45. The van der Waals surface area contributed by atoms with Gasteiger partial charge < -0.3 is 5.32 Å². The molecule has 0 saturated carbocycles. The lowest BCUT2D eigenvalue weighted by molar-refractivity contribution is 0.541. The number of hydrogen-bond donors (Lipinski definition) is 1. The molecule has 0 bridgehead atoms. The standard InChI is InChI=1S/C18H21BrFN/c1-4-21-18(15-7-8-16(19)17(20)11-15)10-14-6-5-12(2)13(3)9-14/h5-9,11,18,21H,4,10H2,1-3H3. The van der Waals surface area contributed by atoms with E-state index in [0.717, 1.165) is 18.5 Å². The van der Waals surface area contributed by atoms with Crippen LogP contribution in [0.3, 0.4) is 0 Å². The molecule has 0 aliphatic rings. The highest BCUT2D eigenvalue weighted by atomic mass is 79.9. The van der Waals surface area contributed by atoms with Crippen LogP contribution in [0.25, 0.3) is 0 Å². The molecule has 0 aliphatic carbocycles. The Labute approximate surface area is 134 Å². The minimum absolute atomic E-state index is 0.125. The lowest BCUT2D eigenvalue weighted by atomic mass is 9.96. The van der Waals surface area contributed by atoms with Gasteiger partial charge in [0.05, 0.1) is 4.47 Å². The molecular formula is C18H21BrFN. The summed E-state index contributed by atoms with van der Waals surface area (Å²) in [5.41, 5.74) is 4.85. The Balaban J connectivity index is 2.25. The van der Waals surface area contributed by atoms with Crippen LogP contribution in [0.2, 0.25) is 0 Å². The molecule has 0 fully saturated rings. The van der Waals surface area contributed by atoms with Crippen LogP contribution in [0.5, 0.6) is 0 Å². The molecule has 0 spiro atoms. The average molecular weight is 350 g/mol. The molecule has 0 amide bonds. The van der Waals surface area contributed by atoms with Gasteiger partial charge in [-0.05, 0) is 77.1 Å². The second-order valence-electron chi connectivity index (χ2n) is 5.41. The van der Waals surface area contributed by atoms with Crippen molar-refractivity contribution in [3.8, 4) is 0 Å². The molecule has 0 aliphatic heterocycles. The Morgan fingerprint density at radius 2 is 1.86 bits per heavy atom. The topological polar surface area (TPSA) is 12.0 Å². The maximum atomic E-state index is 13.8. The molecule has 1 N–H and O–H groups in total. The summed E-state index contributed by atoms with van der Waals surface area (Å²) in [7, 11) is 0. The molecule has 1 unspecified atom stereocenters. The molecule has 1 atom stereocenters. The van der Waals surface area contributed by atoms with E-state index in [0.29, 0.717) is 4.47 Å². The number of aryl methyl sites for hydroxylation is 2. The van der Waals surface area contributed by atoms with Gasteiger partial charge in [-0.1, -0.05) is 31.2 Å². The van der Waals surface area contributed by atoms with Crippen molar-refractivity contribution in [1.82, 2.24) is 5.32 Å². The van der Waals surface area contributed by atoms with Gasteiger partial charge in [-0.3, -0.25) is 0 Å². The van der Waals surface area contributed by atoms with Crippen LogP contribution in [0, 0.1) is 19.7 Å². The van der Waals surface area contributed by atoms with E-state index in [9.17, 15) is 4.39 Å². The minimum atomic E-state index is -0.213. The van der Waals surface area contributed by atoms with E-state index in [1.54, 1.807) is 12.1 Å². The molecule has 0 saturated heterocycles. The first kappa shape index (κ1) is 16.2. The van der Waals surface area contributed by atoms with E-state index in [2.05, 4.69) is 60.2 Å². The van der Waals surface area contributed by atoms with Crippen molar-refractivity contribution < 1.29 is 4.39 Å². The lowest BCUT2D eigenvalue weighted by Crippen LogP contribution is -2.23. The van der Waals surface area contributed by atoms with Gasteiger partial charge in [0.15, 0.2) is 0 Å². The zero-order chi connectivity index (χ0) is 15.4. The summed E-state index contributed by atoms with van der Waals surface area (Å²) >= 11 is 3.21. The molecule has 21 heavy (non-hydrogen) atoms. The van der Waals surface area contributed by atoms with Crippen LogP contribution in [0.1, 0.15) is 35.2 Å². The Morgan fingerprint density at radius 3 is 2.48 bits per heavy atom. The van der Waals surface area contributed by atoms with Crippen molar-refractivity contribution in [2.75, 3.05) is 6.54 Å². The number of halogens is 2. The van der Waals surface area contributed by atoms with Gasteiger partial charge in [0.2, 0.25) is 0 Å². The molecule has 0 radical (unpaired) electrons. The Hall–Kier alpha value is -1.19. The van der Waals surface area contributed by atoms with Crippen LogP contribution < -0.4 is 5.32 Å². The predicted octanol–water partition coefficient (Wildman–Crippen LogP) is 5.10. The minimum Gasteiger partial charge on any atom is -0.310 e. The zero-order valence-electron chi connectivity index (χ0n) is 12.7. The lowest BCUT2D eigenvalue weighted by Gasteiger charge is -2.19. The van der Waals surface area contributed by atoms with Crippen LogP contribution in [0.15, 0.2) is 40.9 Å². The second kappa shape index (κ2) is 7.19. The molecular weight excluding hydrogens is 329 g/mol. The molecule has 0 aromatic heterocycles. The Bertz CT molecular complexity index is 625. The number of rotatable bonds is 5. The van der Waals surface area contributed by atoms with Crippen molar-refractivity contribution in [2.45, 2.75) is 33.2 Å². The molecule has 3 heteroatoms. The highest BCUT2D eigenvalue weighted by molar-refractivity contribution is 9.10. The van der Waals surface area contributed by atoms with Gasteiger partial charge in [0.25, 0.3) is 0 Å². The molecule has 1 nitrogen and oxygen atoms in total. The van der Waals surface area contributed by atoms with Crippen molar-refractivity contribution in [3.63, 3.8) is 0 Å². The Morgan fingerprint density at radius 1 is 1.10 bits per heavy atom. The number of likely N-dealkylation sites (N-methyl/N-ethyl adjacent to an activating group) is 1. The fourth-order valence-electron chi connectivity index (χ4n) is 2.45. The number of hydrogen-bond acceptors (Lipinski definition) is 1. The van der Waals surface area contributed by atoms with Crippen LogP contribution in [-0.2, 0) is 6.42 Å². The summed E-state index contributed by atoms with van der Waals surface area (Å²) in [6.45, 7) is 7.17. The fourth-order valence-corrected chi connectivity index (χ4v) is 2.70. The maximum Gasteiger partial charge on any atom is 0.137 e. The van der Waals surface area contributed by atoms with Gasteiger partial charge in [-0.15, -0.1) is 0 Å². The summed E-state index contributed by atoms with van der Waals surface area (Å²) in [5, 5.41) is 3.45. The van der Waals surface area contributed by atoms with Gasteiger partial charge in [-0.2, -0.15) is 0 Å². The van der Waals surface area contributed by atoms with E-state index < -0.39 is 0 Å². The first-order valence-electron chi connectivity index (χ1n) is 7.25. The quantitative estimate of drug-likeness (QED) is 0.791. The molecule has 2 aromatic carbocycles. The average Bonchev–Trinajstić information content (AvgIpc) is 2.45. The number of nitrogens with one attached hydrogen (secondary N) is 1. The third-order valence-electron chi connectivity index (χ3n) is 3.81. The first-order valence-corrected chi connectivity index (χ1v) is 8.05. The highest BCUT2D eigenvalue weighted by Crippen LogP contribution is 2.24. The number of benzene rings is 2. The van der Waals surface area contributed by atoms with Crippen LogP contribution >= 0.6 is 15.9 Å². The summed E-state index contributed by atoms with van der Waals surface area (Å²) in [4.78, 5) is 0. The second-order valence-corrected chi connectivity index (χ2v) is 6.26. The van der Waals surface area contributed by atoms with Gasteiger partial charge in [0.1, 0.15) is 5.82 Å². The van der Waals surface area contributed by atoms with Crippen LogP contribution in [-0.4, -0.2) is 6.54 Å².